The number of nitro groups is 1. The first-order chi connectivity index (χ1) is 9.86. The van der Waals surface area contributed by atoms with Crippen molar-refractivity contribution in [1.29, 1.82) is 0 Å². The maximum atomic E-state index is 11.1. The van der Waals surface area contributed by atoms with E-state index in [-0.39, 0.29) is 18.0 Å². The lowest BCUT2D eigenvalue weighted by atomic mass is 10.1. The van der Waals surface area contributed by atoms with Gasteiger partial charge in [-0.3, -0.25) is 14.9 Å². The van der Waals surface area contributed by atoms with Crippen molar-refractivity contribution < 1.29 is 19.6 Å². The molecule has 0 bridgehead atoms. The highest BCUT2D eigenvalue weighted by molar-refractivity contribution is 5.73. The number of aryl methyl sites for hydroxylation is 2. The van der Waals surface area contributed by atoms with Crippen LogP contribution in [0.5, 0.6) is 5.75 Å². The molecule has 0 amide bonds. The van der Waals surface area contributed by atoms with Crippen LogP contribution in [0.25, 0.3) is 0 Å². The van der Waals surface area contributed by atoms with Crippen LogP contribution in [0.3, 0.4) is 0 Å². The van der Waals surface area contributed by atoms with E-state index in [1.807, 2.05) is 6.92 Å². The minimum atomic E-state index is -1.05. The van der Waals surface area contributed by atoms with Gasteiger partial charge in [-0.05, 0) is 37.9 Å². The van der Waals surface area contributed by atoms with Gasteiger partial charge in [0.1, 0.15) is 12.6 Å². The van der Waals surface area contributed by atoms with Gasteiger partial charge in [0.2, 0.25) is 0 Å². The zero-order valence-electron chi connectivity index (χ0n) is 12.4. The molecular weight excluding hydrogens is 276 g/mol. The average Bonchev–Trinajstić information content (AvgIpc) is 2.39. The van der Waals surface area contributed by atoms with E-state index < -0.39 is 16.9 Å². The van der Waals surface area contributed by atoms with Crippen LogP contribution in [0.4, 0.5) is 5.69 Å². The summed E-state index contributed by atoms with van der Waals surface area (Å²) in [5.74, 6) is -0.925. The molecule has 21 heavy (non-hydrogen) atoms. The molecule has 1 rings (SSSR count). The fourth-order valence-electron chi connectivity index (χ4n) is 1.96. The number of ether oxygens (including phenoxy) is 1. The Kier molecular flexibility index (Phi) is 6.10. The van der Waals surface area contributed by atoms with Crippen LogP contribution in [0.1, 0.15) is 24.5 Å². The van der Waals surface area contributed by atoms with Crippen LogP contribution in [0.15, 0.2) is 12.1 Å². The Morgan fingerprint density at radius 2 is 2.14 bits per heavy atom. The van der Waals surface area contributed by atoms with Crippen LogP contribution in [-0.2, 0) is 4.79 Å². The first-order valence-corrected chi connectivity index (χ1v) is 6.71. The third kappa shape index (κ3) is 4.71. The molecule has 0 spiro atoms. The highest BCUT2D eigenvalue weighted by Gasteiger charge is 2.22. The van der Waals surface area contributed by atoms with Gasteiger partial charge < -0.3 is 15.2 Å². The normalized spacial score (nSPS) is 12.0. The number of rotatable bonds is 8. The molecule has 0 heterocycles. The van der Waals surface area contributed by atoms with Crippen LogP contribution >= 0.6 is 0 Å². The van der Waals surface area contributed by atoms with E-state index >= 15 is 0 Å². The number of benzene rings is 1. The van der Waals surface area contributed by atoms with Gasteiger partial charge in [-0.2, -0.15) is 0 Å². The molecule has 0 saturated carbocycles. The number of carboxylic acid groups (broad SMARTS) is 1. The Balaban J connectivity index is 2.91. The van der Waals surface area contributed by atoms with Gasteiger partial charge >= 0.3 is 11.7 Å². The molecule has 0 aliphatic rings. The van der Waals surface area contributed by atoms with Crippen molar-refractivity contribution in [2.24, 2.45) is 0 Å². The molecule has 1 aromatic carbocycles. The van der Waals surface area contributed by atoms with Crippen molar-refractivity contribution in [3.63, 3.8) is 0 Å². The Morgan fingerprint density at radius 1 is 1.48 bits per heavy atom. The maximum absolute atomic E-state index is 11.1. The van der Waals surface area contributed by atoms with Crippen LogP contribution < -0.4 is 10.1 Å². The van der Waals surface area contributed by atoms with Gasteiger partial charge in [-0.15, -0.1) is 0 Å². The molecule has 0 fully saturated rings. The topological polar surface area (TPSA) is 102 Å². The number of nitrogens with one attached hydrogen (secondary N) is 1. The Bertz CT molecular complexity index is 530. The first-order valence-electron chi connectivity index (χ1n) is 6.71. The Hall–Kier alpha value is -2.15. The van der Waals surface area contributed by atoms with Crippen molar-refractivity contribution in [1.82, 2.24) is 5.32 Å². The summed E-state index contributed by atoms with van der Waals surface area (Å²) in [7, 11) is 0. The summed E-state index contributed by atoms with van der Waals surface area (Å²) in [6.45, 7) is 5.74. The summed E-state index contributed by atoms with van der Waals surface area (Å²) < 4.78 is 5.42. The molecule has 116 valence electrons. The summed E-state index contributed by atoms with van der Waals surface area (Å²) in [4.78, 5) is 21.7. The summed E-state index contributed by atoms with van der Waals surface area (Å²) in [6.07, 6.45) is 0.785. The third-order valence-corrected chi connectivity index (χ3v) is 2.93. The quantitative estimate of drug-likeness (QED) is 0.562. The Morgan fingerprint density at radius 3 is 2.67 bits per heavy atom. The number of aliphatic carboxylic acids is 1. The zero-order valence-corrected chi connectivity index (χ0v) is 12.4. The van der Waals surface area contributed by atoms with E-state index in [1.54, 1.807) is 19.9 Å². The number of hydrogen-bond donors (Lipinski definition) is 2. The van der Waals surface area contributed by atoms with Crippen LogP contribution in [0, 0.1) is 24.0 Å². The third-order valence-electron chi connectivity index (χ3n) is 2.93. The zero-order chi connectivity index (χ0) is 16.0. The maximum Gasteiger partial charge on any atom is 0.324 e. The highest BCUT2D eigenvalue weighted by atomic mass is 16.6. The van der Waals surface area contributed by atoms with Crippen LogP contribution in [-0.4, -0.2) is 35.2 Å². The summed E-state index contributed by atoms with van der Waals surface area (Å²) >= 11 is 0. The number of nitro benzene ring substituents is 1. The fourth-order valence-corrected chi connectivity index (χ4v) is 1.96. The largest absolute Gasteiger partial charge is 0.484 e. The molecule has 0 saturated heterocycles. The number of nitrogens with zero attached hydrogens (tertiary/aromatic N) is 1. The highest BCUT2D eigenvalue weighted by Crippen LogP contribution is 2.32. The molecule has 0 aliphatic heterocycles. The molecule has 7 nitrogen and oxygen atoms in total. The van der Waals surface area contributed by atoms with Gasteiger partial charge in [0.15, 0.2) is 5.75 Å². The first kappa shape index (κ1) is 16.9. The van der Waals surface area contributed by atoms with E-state index in [0.29, 0.717) is 12.1 Å². The average molecular weight is 296 g/mol. The molecule has 7 heteroatoms. The monoisotopic (exact) mass is 296 g/mol. The smallest absolute Gasteiger partial charge is 0.324 e. The number of hydrogen-bond acceptors (Lipinski definition) is 5. The molecule has 2 N–H and O–H groups in total. The van der Waals surface area contributed by atoms with E-state index in [1.165, 1.54) is 6.07 Å². The van der Waals surface area contributed by atoms with Crippen molar-refractivity contribution >= 4 is 11.7 Å². The summed E-state index contributed by atoms with van der Waals surface area (Å²) in [5, 5.41) is 23.0. The van der Waals surface area contributed by atoms with Gasteiger partial charge in [0, 0.05) is 6.07 Å². The van der Waals surface area contributed by atoms with Crippen molar-refractivity contribution in [3.8, 4) is 5.75 Å². The number of carbonyl (C=O) groups is 1. The summed E-state index contributed by atoms with van der Waals surface area (Å²) in [5.41, 5.74) is 1.22. The molecule has 1 unspecified atom stereocenters. The standard InChI is InChI=1S/C14H20N2O5/c1-4-5-15-11(14(17)18)8-21-13-10(3)6-9(2)7-12(13)16(19)20/h6-7,11,15H,4-5,8H2,1-3H3,(H,17,18). The fraction of sp³-hybridized carbons (Fsp3) is 0.500. The predicted octanol–water partition coefficient (Wildman–Crippen LogP) is 2.04. The lowest BCUT2D eigenvalue weighted by molar-refractivity contribution is -0.386. The molecule has 1 atom stereocenters. The van der Waals surface area contributed by atoms with Crippen molar-refractivity contribution in [3.05, 3.63) is 33.4 Å². The van der Waals surface area contributed by atoms with Gasteiger partial charge in [0.25, 0.3) is 0 Å². The molecular formula is C14H20N2O5. The minimum absolute atomic E-state index is 0.121. The van der Waals surface area contributed by atoms with Gasteiger partial charge in [0.05, 0.1) is 4.92 Å². The predicted molar refractivity (Wildman–Crippen MR) is 77.8 cm³/mol. The van der Waals surface area contributed by atoms with Gasteiger partial charge in [-0.25, -0.2) is 0 Å². The molecule has 0 aliphatic carbocycles. The van der Waals surface area contributed by atoms with Crippen LogP contribution in [0.2, 0.25) is 0 Å². The van der Waals surface area contributed by atoms with Gasteiger partial charge in [-0.1, -0.05) is 13.0 Å². The minimum Gasteiger partial charge on any atom is -0.484 e. The lowest BCUT2D eigenvalue weighted by Crippen LogP contribution is -2.41. The second-order valence-corrected chi connectivity index (χ2v) is 4.84. The van der Waals surface area contributed by atoms with Crippen molar-refractivity contribution in [2.75, 3.05) is 13.2 Å². The summed E-state index contributed by atoms with van der Waals surface area (Å²) in [6, 6.07) is 2.28. The SMILES string of the molecule is CCCNC(COc1c(C)cc(C)cc1[N+](=O)[O-])C(=O)O. The second-order valence-electron chi connectivity index (χ2n) is 4.84. The lowest BCUT2D eigenvalue weighted by Gasteiger charge is -2.16. The van der Waals surface area contributed by atoms with E-state index in [4.69, 9.17) is 9.84 Å². The van der Waals surface area contributed by atoms with E-state index in [9.17, 15) is 14.9 Å². The molecule has 0 radical (unpaired) electrons. The van der Waals surface area contributed by atoms with E-state index in [0.717, 1.165) is 12.0 Å². The van der Waals surface area contributed by atoms with E-state index in [2.05, 4.69) is 5.32 Å². The Labute approximate surface area is 123 Å². The molecule has 1 aromatic rings. The molecule has 0 aromatic heterocycles. The van der Waals surface area contributed by atoms with Crippen molar-refractivity contribution in [2.45, 2.75) is 33.2 Å². The number of carboxylic acids is 1. The second kappa shape index (κ2) is 7.58.